The van der Waals surface area contributed by atoms with Gasteiger partial charge in [0.05, 0.1) is 0 Å². The van der Waals surface area contributed by atoms with Crippen molar-refractivity contribution in [2.45, 2.75) is 20.3 Å². The third kappa shape index (κ3) is 5.66. The Balaban J connectivity index is 1.77. The summed E-state index contributed by atoms with van der Waals surface area (Å²) in [5, 5.41) is 3.12. The molecule has 4 heteroatoms. The molecule has 0 radical (unpaired) electrons. The van der Waals surface area contributed by atoms with Crippen molar-refractivity contribution in [3.63, 3.8) is 0 Å². The maximum Gasteiger partial charge on any atom is 0.193 e. The molecule has 4 nitrogen and oxygen atoms in total. The first-order valence-electron chi connectivity index (χ1n) is 8.12. The number of hydrogen-bond donors (Lipinski definition) is 2. The molecule has 2 aromatic rings. The predicted octanol–water partition coefficient (Wildman–Crippen LogP) is 3.64. The van der Waals surface area contributed by atoms with Gasteiger partial charge in [-0.2, -0.15) is 0 Å². The van der Waals surface area contributed by atoms with Gasteiger partial charge in [-0.1, -0.05) is 35.9 Å². The predicted molar refractivity (Wildman–Crippen MR) is 100 cm³/mol. The van der Waals surface area contributed by atoms with Gasteiger partial charge in [-0.15, -0.1) is 0 Å². The molecule has 0 heterocycles. The van der Waals surface area contributed by atoms with Crippen LogP contribution in [-0.4, -0.2) is 25.6 Å². The molecule has 0 atom stereocenters. The van der Waals surface area contributed by atoms with E-state index in [0.29, 0.717) is 12.5 Å². The van der Waals surface area contributed by atoms with Gasteiger partial charge in [0.2, 0.25) is 0 Å². The topological polar surface area (TPSA) is 53.6 Å². The minimum atomic E-state index is 0.469. The van der Waals surface area contributed by atoms with Crippen LogP contribution in [0.4, 0.5) is 11.4 Å². The summed E-state index contributed by atoms with van der Waals surface area (Å²) in [6.07, 6.45) is 0.971. The van der Waals surface area contributed by atoms with Crippen molar-refractivity contribution < 1.29 is 0 Å². The lowest BCUT2D eigenvalue weighted by atomic mass is 10.2. The number of guanidine groups is 1. The summed E-state index contributed by atoms with van der Waals surface area (Å²) < 4.78 is 0. The minimum absolute atomic E-state index is 0.469. The monoisotopic (exact) mass is 310 g/mol. The Bertz CT molecular complexity index is 605. The highest BCUT2D eigenvalue weighted by Gasteiger charge is 2.02. The lowest BCUT2D eigenvalue weighted by Crippen LogP contribution is -2.26. The van der Waals surface area contributed by atoms with Crippen molar-refractivity contribution in [3.05, 3.63) is 60.2 Å². The van der Waals surface area contributed by atoms with Crippen molar-refractivity contribution in [1.82, 2.24) is 0 Å². The number of anilines is 2. The Kier molecular flexibility index (Phi) is 6.48. The quantitative estimate of drug-likeness (QED) is 0.466. The van der Waals surface area contributed by atoms with Crippen LogP contribution in [0.1, 0.15) is 18.9 Å². The smallest absolute Gasteiger partial charge is 0.193 e. The van der Waals surface area contributed by atoms with E-state index in [9.17, 15) is 0 Å². The second-order valence-corrected chi connectivity index (χ2v) is 5.53. The van der Waals surface area contributed by atoms with E-state index in [0.717, 1.165) is 25.2 Å². The second kappa shape index (κ2) is 8.83. The molecule has 3 N–H and O–H groups in total. The molecule has 0 aliphatic carbocycles. The number of aryl methyl sites for hydroxylation is 1. The summed E-state index contributed by atoms with van der Waals surface area (Å²) in [5.74, 6) is 0.469. The fourth-order valence-electron chi connectivity index (χ4n) is 2.39. The maximum absolute atomic E-state index is 5.93. The maximum atomic E-state index is 5.93. The number of nitrogens with one attached hydrogen (secondary N) is 1. The first-order valence-corrected chi connectivity index (χ1v) is 8.12. The van der Waals surface area contributed by atoms with Gasteiger partial charge in [0.15, 0.2) is 5.96 Å². The molecule has 0 spiro atoms. The summed E-state index contributed by atoms with van der Waals surface area (Å²) in [6, 6.07) is 18.6. The minimum Gasteiger partial charge on any atom is -0.372 e. The molecular formula is C19H26N4. The van der Waals surface area contributed by atoms with Crippen molar-refractivity contribution in [3.8, 4) is 0 Å². The Morgan fingerprint density at radius 3 is 2.43 bits per heavy atom. The van der Waals surface area contributed by atoms with Crippen LogP contribution in [0.15, 0.2) is 59.6 Å². The van der Waals surface area contributed by atoms with E-state index in [-0.39, 0.29) is 0 Å². The van der Waals surface area contributed by atoms with Gasteiger partial charge in [0, 0.05) is 31.0 Å². The molecule has 0 saturated carbocycles. The van der Waals surface area contributed by atoms with E-state index in [1.54, 1.807) is 0 Å². The van der Waals surface area contributed by atoms with Gasteiger partial charge in [-0.25, -0.2) is 0 Å². The summed E-state index contributed by atoms with van der Waals surface area (Å²) in [4.78, 5) is 6.74. The number of aliphatic imine (C=N–C) groups is 1. The van der Waals surface area contributed by atoms with Crippen molar-refractivity contribution in [1.29, 1.82) is 0 Å². The third-order valence-electron chi connectivity index (χ3n) is 3.70. The van der Waals surface area contributed by atoms with Gasteiger partial charge in [-0.3, -0.25) is 4.99 Å². The van der Waals surface area contributed by atoms with Crippen LogP contribution >= 0.6 is 0 Å². The number of rotatable bonds is 7. The van der Waals surface area contributed by atoms with Crippen LogP contribution in [-0.2, 0) is 0 Å². The number of para-hydroxylation sites is 1. The molecule has 122 valence electrons. The van der Waals surface area contributed by atoms with Crippen molar-refractivity contribution in [2.75, 3.05) is 29.9 Å². The number of benzene rings is 2. The summed E-state index contributed by atoms with van der Waals surface area (Å²) in [7, 11) is 0. The lowest BCUT2D eigenvalue weighted by molar-refractivity contribution is 0.755. The number of nitrogens with two attached hydrogens (primary N) is 1. The van der Waals surface area contributed by atoms with E-state index in [2.05, 4.69) is 65.5 Å². The van der Waals surface area contributed by atoms with Gasteiger partial charge in [0.25, 0.3) is 0 Å². The Labute approximate surface area is 139 Å². The molecule has 0 fully saturated rings. The van der Waals surface area contributed by atoms with Crippen LogP contribution in [0, 0.1) is 6.92 Å². The molecule has 0 unspecified atom stereocenters. The molecule has 0 bridgehead atoms. The highest BCUT2D eigenvalue weighted by molar-refractivity contribution is 5.92. The van der Waals surface area contributed by atoms with Gasteiger partial charge in [-0.05, 0) is 44.5 Å². The van der Waals surface area contributed by atoms with E-state index in [4.69, 9.17) is 5.73 Å². The Morgan fingerprint density at radius 2 is 1.78 bits per heavy atom. The standard InChI is InChI=1S/C19H26N4/c1-3-23(18-8-5-4-6-9-18)15-7-14-21-19(20)22-17-12-10-16(2)11-13-17/h4-6,8-13H,3,7,14-15H2,1-2H3,(H3,20,21,22). The Hall–Kier alpha value is -2.49. The normalized spacial score (nSPS) is 11.3. The molecular weight excluding hydrogens is 284 g/mol. The highest BCUT2D eigenvalue weighted by atomic mass is 15.1. The SMILES string of the molecule is CCN(CCCN=C(N)Nc1ccc(C)cc1)c1ccccc1. The first-order chi connectivity index (χ1) is 11.2. The van der Waals surface area contributed by atoms with Crippen LogP contribution < -0.4 is 16.0 Å². The number of hydrogen-bond acceptors (Lipinski definition) is 2. The van der Waals surface area contributed by atoms with Gasteiger partial charge < -0.3 is 16.0 Å². The lowest BCUT2D eigenvalue weighted by Gasteiger charge is -2.22. The van der Waals surface area contributed by atoms with Gasteiger partial charge in [0.1, 0.15) is 0 Å². The second-order valence-electron chi connectivity index (χ2n) is 5.53. The van der Waals surface area contributed by atoms with E-state index in [1.807, 2.05) is 18.2 Å². The molecule has 0 aliphatic rings. The van der Waals surface area contributed by atoms with Crippen LogP contribution in [0.3, 0.4) is 0 Å². The summed E-state index contributed by atoms with van der Waals surface area (Å²) >= 11 is 0. The summed E-state index contributed by atoms with van der Waals surface area (Å²) in [6.45, 7) is 6.91. The van der Waals surface area contributed by atoms with E-state index >= 15 is 0 Å². The fraction of sp³-hybridized carbons (Fsp3) is 0.316. The van der Waals surface area contributed by atoms with Crippen LogP contribution in [0.2, 0.25) is 0 Å². The highest BCUT2D eigenvalue weighted by Crippen LogP contribution is 2.13. The molecule has 0 saturated heterocycles. The third-order valence-corrected chi connectivity index (χ3v) is 3.70. The number of nitrogens with zero attached hydrogens (tertiary/aromatic N) is 2. The average molecular weight is 310 g/mol. The summed E-state index contributed by atoms with van der Waals surface area (Å²) in [5.41, 5.74) is 9.38. The van der Waals surface area contributed by atoms with Crippen LogP contribution in [0.5, 0.6) is 0 Å². The molecule has 0 aliphatic heterocycles. The molecule has 2 aromatic carbocycles. The zero-order valence-electron chi connectivity index (χ0n) is 14.0. The Morgan fingerprint density at radius 1 is 1.09 bits per heavy atom. The first kappa shape index (κ1) is 16.9. The molecule has 23 heavy (non-hydrogen) atoms. The zero-order valence-corrected chi connectivity index (χ0v) is 14.0. The average Bonchev–Trinajstić information content (AvgIpc) is 2.58. The van der Waals surface area contributed by atoms with Crippen LogP contribution in [0.25, 0.3) is 0 Å². The molecule has 0 amide bonds. The van der Waals surface area contributed by atoms with E-state index in [1.165, 1.54) is 11.3 Å². The largest absolute Gasteiger partial charge is 0.372 e. The van der Waals surface area contributed by atoms with Crippen molar-refractivity contribution >= 4 is 17.3 Å². The molecule has 2 rings (SSSR count). The molecule has 0 aromatic heterocycles. The fourth-order valence-corrected chi connectivity index (χ4v) is 2.39. The van der Waals surface area contributed by atoms with Crippen molar-refractivity contribution in [2.24, 2.45) is 10.7 Å². The van der Waals surface area contributed by atoms with E-state index < -0.39 is 0 Å². The zero-order chi connectivity index (χ0) is 16.5. The van der Waals surface area contributed by atoms with Gasteiger partial charge >= 0.3 is 0 Å².